The Balaban J connectivity index is 1.80. The summed E-state index contributed by atoms with van der Waals surface area (Å²) in [6.45, 7) is 0.636. The molecule has 0 spiro atoms. The zero-order valence-electron chi connectivity index (χ0n) is 12.7. The number of rotatable bonds is 4. The quantitative estimate of drug-likeness (QED) is 0.826. The molecule has 0 aromatic rings. The third-order valence-electron chi connectivity index (χ3n) is 4.79. The normalized spacial score (nSPS) is 34.0. The van der Waals surface area contributed by atoms with Crippen LogP contribution in [0.4, 0.5) is 4.79 Å². The van der Waals surface area contributed by atoms with Crippen molar-refractivity contribution in [3.8, 4) is 0 Å². The van der Waals surface area contributed by atoms with Crippen LogP contribution in [-0.2, 0) is 4.74 Å². The monoisotopic (exact) mass is 284 g/mol. The van der Waals surface area contributed by atoms with Crippen molar-refractivity contribution < 1.29 is 14.6 Å². The number of amides is 2. The Morgan fingerprint density at radius 3 is 2.65 bits per heavy atom. The lowest BCUT2D eigenvalue weighted by Crippen LogP contribution is -2.51. The summed E-state index contributed by atoms with van der Waals surface area (Å²) in [5, 5.41) is 12.9. The molecule has 2 aliphatic rings. The van der Waals surface area contributed by atoms with Crippen LogP contribution in [0.3, 0.4) is 0 Å². The fourth-order valence-corrected chi connectivity index (χ4v) is 3.48. The molecule has 0 aromatic heterocycles. The second kappa shape index (κ2) is 7.27. The SMILES string of the molecule is COC1CCCCC1NC(=O)N(C)CC1CCCC1O. The molecule has 2 rings (SSSR count). The van der Waals surface area contributed by atoms with Crippen LogP contribution in [0.1, 0.15) is 44.9 Å². The van der Waals surface area contributed by atoms with Gasteiger partial charge in [0, 0.05) is 26.6 Å². The second-order valence-corrected chi connectivity index (χ2v) is 6.25. The van der Waals surface area contributed by atoms with E-state index < -0.39 is 0 Å². The number of nitrogens with zero attached hydrogens (tertiary/aromatic N) is 1. The summed E-state index contributed by atoms with van der Waals surface area (Å²) >= 11 is 0. The van der Waals surface area contributed by atoms with Gasteiger partial charge in [0.05, 0.1) is 18.2 Å². The average Bonchev–Trinajstić information content (AvgIpc) is 2.84. The predicted octanol–water partition coefficient (Wildman–Crippen LogP) is 1.75. The first-order valence-electron chi connectivity index (χ1n) is 7.84. The number of methoxy groups -OCH3 is 1. The zero-order chi connectivity index (χ0) is 14.5. The lowest BCUT2D eigenvalue weighted by molar-refractivity contribution is 0.0426. The number of aliphatic hydroxyl groups excluding tert-OH is 1. The zero-order valence-corrected chi connectivity index (χ0v) is 12.7. The fraction of sp³-hybridized carbons (Fsp3) is 0.933. The molecule has 0 bridgehead atoms. The van der Waals surface area contributed by atoms with Gasteiger partial charge in [0.1, 0.15) is 0 Å². The molecule has 4 atom stereocenters. The van der Waals surface area contributed by atoms with Crippen LogP contribution in [0.25, 0.3) is 0 Å². The van der Waals surface area contributed by atoms with Gasteiger partial charge < -0.3 is 20.1 Å². The standard InChI is InChI=1S/C15H28N2O3/c1-17(10-11-6-5-8-13(11)18)15(19)16-12-7-3-4-9-14(12)20-2/h11-14,18H,3-10H2,1-2H3,(H,16,19). The first-order valence-corrected chi connectivity index (χ1v) is 7.84. The number of urea groups is 1. The number of carbonyl (C=O) groups excluding carboxylic acids is 1. The molecule has 4 unspecified atom stereocenters. The van der Waals surface area contributed by atoms with Crippen LogP contribution in [-0.4, -0.2) is 55.0 Å². The minimum atomic E-state index is -0.244. The van der Waals surface area contributed by atoms with Gasteiger partial charge in [-0.15, -0.1) is 0 Å². The minimum Gasteiger partial charge on any atom is -0.393 e. The number of aliphatic hydroxyl groups is 1. The van der Waals surface area contributed by atoms with Crippen molar-refractivity contribution in [1.29, 1.82) is 0 Å². The van der Waals surface area contributed by atoms with E-state index >= 15 is 0 Å². The highest BCUT2D eigenvalue weighted by molar-refractivity contribution is 5.74. The molecule has 20 heavy (non-hydrogen) atoms. The van der Waals surface area contributed by atoms with Crippen molar-refractivity contribution in [3.05, 3.63) is 0 Å². The van der Waals surface area contributed by atoms with Crippen molar-refractivity contribution in [2.24, 2.45) is 5.92 Å². The van der Waals surface area contributed by atoms with Crippen LogP contribution in [0.15, 0.2) is 0 Å². The molecule has 5 nitrogen and oxygen atoms in total. The Labute approximate surface area is 121 Å². The molecule has 2 aliphatic carbocycles. The largest absolute Gasteiger partial charge is 0.393 e. The minimum absolute atomic E-state index is 0.0435. The molecule has 116 valence electrons. The lowest BCUT2D eigenvalue weighted by atomic mass is 9.92. The van der Waals surface area contributed by atoms with Gasteiger partial charge in [0.15, 0.2) is 0 Å². The van der Waals surface area contributed by atoms with Gasteiger partial charge >= 0.3 is 6.03 Å². The highest BCUT2D eigenvalue weighted by Crippen LogP contribution is 2.26. The maximum Gasteiger partial charge on any atom is 0.317 e. The van der Waals surface area contributed by atoms with Crippen LogP contribution in [0.5, 0.6) is 0 Å². The van der Waals surface area contributed by atoms with Gasteiger partial charge in [0.25, 0.3) is 0 Å². The molecule has 0 radical (unpaired) electrons. The summed E-state index contributed by atoms with van der Waals surface area (Å²) in [4.78, 5) is 14.0. The maximum absolute atomic E-state index is 12.2. The molecule has 2 saturated carbocycles. The van der Waals surface area contributed by atoms with E-state index in [2.05, 4.69) is 5.32 Å². The molecule has 0 aromatic carbocycles. The molecule has 2 amide bonds. The number of nitrogens with one attached hydrogen (secondary N) is 1. The summed E-state index contributed by atoms with van der Waals surface area (Å²) in [5.74, 6) is 0.232. The third kappa shape index (κ3) is 3.85. The van der Waals surface area contributed by atoms with Gasteiger partial charge in [-0.3, -0.25) is 0 Å². The highest BCUT2D eigenvalue weighted by atomic mass is 16.5. The van der Waals surface area contributed by atoms with Crippen molar-refractivity contribution in [2.75, 3.05) is 20.7 Å². The molecule has 0 saturated heterocycles. The summed E-state index contributed by atoms with van der Waals surface area (Å²) in [5.41, 5.74) is 0. The molecular formula is C15H28N2O3. The van der Waals surface area contributed by atoms with E-state index in [4.69, 9.17) is 4.74 Å². The van der Waals surface area contributed by atoms with Crippen molar-refractivity contribution in [3.63, 3.8) is 0 Å². The number of hydrogen-bond acceptors (Lipinski definition) is 3. The van der Waals surface area contributed by atoms with Crippen molar-refractivity contribution >= 4 is 6.03 Å². The van der Waals surface area contributed by atoms with Gasteiger partial charge in [-0.05, 0) is 25.7 Å². The number of carbonyl (C=O) groups is 1. The summed E-state index contributed by atoms with van der Waals surface area (Å²) < 4.78 is 5.46. The van der Waals surface area contributed by atoms with Gasteiger partial charge in [0.2, 0.25) is 0 Å². The number of hydrogen-bond donors (Lipinski definition) is 2. The van der Waals surface area contributed by atoms with Gasteiger partial charge in [-0.2, -0.15) is 0 Å². The van der Waals surface area contributed by atoms with E-state index in [1.54, 1.807) is 12.0 Å². The second-order valence-electron chi connectivity index (χ2n) is 6.25. The summed E-state index contributed by atoms with van der Waals surface area (Å²) in [7, 11) is 3.53. The van der Waals surface area contributed by atoms with Crippen LogP contribution >= 0.6 is 0 Å². The Morgan fingerprint density at radius 2 is 2.00 bits per heavy atom. The Hall–Kier alpha value is -0.810. The molecule has 5 heteroatoms. The topological polar surface area (TPSA) is 61.8 Å². The van der Waals surface area contributed by atoms with E-state index in [1.165, 1.54) is 6.42 Å². The van der Waals surface area contributed by atoms with Gasteiger partial charge in [-0.1, -0.05) is 19.3 Å². The maximum atomic E-state index is 12.2. The smallest absolute Gasteiger partial charge is 0.317 e. The molecule has 0 aliphatic heterocycles. The van der Waals surface area contributed by atoms with Crippen molar-refractivity contribution in [2.45, 2.75) is 63.2 Å². The molecule has 0 heterocycles. The summed E-state index contributed by atoms with van der Waals surface area (Å²) in [6.07, 6.45) is 7.18. The van der Waals surface area contributed by atoms with Crippen LogP contribution in [0.2, 0.25) is 0 Å². The highest BCUT2D eigenvalue weighted by Gasteiger charge is 2.30. The van der Waals surface area contributed by atoms with E-state index in [-0.39, 0.29) is 30.2 Å². The average molecular weight is 284 g/mol. The van der Waals surface area contributed by atoms with Crippen LogP contribution < -0.4 is 5.32 Å². The Morgan fingerprint density at radius 1 is 1.25 bits per heavy atom. The molecular weight excluding hydrogens is 256 g/mol. The predicted molar refractivity (Wildman–Crippen MR) is 77.6 cm³/mol. The molecule has 2 N–H and O–H groups in total. The Bertz CT molecular complexity index is 324. The van der Waals surface area contributed by atoms with Crippen LogP contribution in [0, 0.1) is 5.92 Å². The lowest BCUT2D eigenvalue weighted by Gasteiger charge is -2.33. The van der Waals surface area contributed by atoms with Crippen molar-refractivity contribution in [1.82, 2.24) is 10.2 Å². The number of ether oxygens (including phenoxy) is 1. The summed E-state index contributed by atoms with van der Waals surface area (Å²) in [6, 6.07) is 0.0789. The first-order chi connectivity index (χ1) is 9.61. The third-order valence-corrected chi connectivity index (χ3v) is 4.79. The fourth-order valence-electron chi connectivity index (χ4n) is 3.48. The van der Waals surface area contributed by atoms with Gasteiger partial charge in [-0.25, -0.2) is 4.79 Å². The van der Waals surface area contributed by atoms with E-state index in [9.17, 15) is 9.90 Å². The van der Waals surface area contributed by atoms with E-state index in [0.717, 1.165) is 38.5 Å². The molecule has 2 fully saturated rings. The van der Waals surface area contributed by atoms with E-state index in [1.807, 2.05) is 7.05 Å². The first kappa shape index (κ1) is 15.6. The van der Waals surface area contributed by atoms with E-state index in [0.29, 0.717) is 6.54 Å². The Kier molecular flexibility index (Phi) is 5.66.